The summed E-state index contributed by atoms with van der Waals surface area (Å²) in [6.07, 6.45) is 6.70. The number of carbonyl (C=O) groups excluding carboxylic acids is 1. The maximum atomic E-state index is 13.4. The third-order valence-corrected chi connectivity index (χ3v) is 6.20. The van der Waals surface area contributed by atoms with Crippen LogP contribution in [0.4, 0.5) is 0 Å². The van der Waals surface area contributed by atoms with E-state index >= 15 is 0 Å². The molecule has 0 bridgehead atoms. The number of likely N-dealkylation sites (tertiary alicyclic amines) is 1. The van der Waals surface area contributed by atoms with Crippen LogP contribution in [0.25, 0.3) is 11.1 Å². The molecule has 2 heterocycles. The molecule has 0 N–H and O–H groups in total. The number of benzene rings is 2. The first kappa shape index (κ1) is 19.4. The molecule has 148 valence electrons. The lowest BCUT2D eigenvalue weighted by molar-refractivity contribution is 0.0607. The largest absolute Gasteiger partial charge is 0.339 e. The van der Waals surface area contributed by atoms with Crippen molar-refractivity contribution in [1.29, 1.82) is 0 Å². The van der Waals surface area contributed by atoms with Crippen LogP contribution in [0, 0.1) is 12.3 Å². The summed E-state index contributed by atoms with van der Waals surface area (Å²) < 4.78 is 0. The topological polar surface area (TPSA) is 33.2 Å². The number of aromatic nitrogens is 1. The molecule has 1 amide bonds. The Kier molecular flexibility index (Phi) is 5.48. The van der Waals surface area contributed by atoms with E-state index in [1.165, 1.54) is 5.56 Å². The summed E-state index contributed by atoms with van der Waals surface area (Å²) in [5, 5.41) is 0. The van der Waals surface area contributed by atoms with Gasteiger partial charge in [-0.3, -0.25) is 9.78 Å². The van der Waals surface area contributed by atoms with Crippen LogP contribution in [0.15, 0.2) is 73.1 Å². The zero-order chi connectivity index (χ0) is 20.3. The van der Waals surface area contributed by atoms with Gasteiger partial charge >= 0.3 is 0 Å². The highest BCUT2D eigenvalue weighted by atomic mass is 16.2. The number of hydrogen-bond donors (Lipinski definition) is 0. The maximum Gasteiger partial charge on any atom is 0.254 e. The molecule has 2 aromatic carbocycles. The van der Waals surface area contributed by atoms with Crippen LogP contribution in [0.5, 0.6) is 0 Å². The van der Waals surface area contributed by atoms with Crippen molar-refractivity contribution in [3.8, 4) is 11.1 Å². The molecule has 3 nitrogen and oxygen atoms in total. The second kappa shape index (κ2) is 8.20. The quantitative estimate of drug-likeness (QED) is 0.591. The van der Waals surface area contributed by atoms with Crippen LogP contribution < -0.4 is 0 Å². The zero-order valence-electron chi connectivity index (χ0n) is 17.3. The second-order valence-electron chi connectivity index (χ2n) is 8.50. The molecule has 0 unspecified atom stereocenters. The first-order chi connectivity index (χ1) is 14.1. The van der Waals surface area contributed by atoms with Crippen molar-refractivity contribution in [3.63, 3.8) is 0 Å². The van der Waals surface area contributed by atoms with E-state index in [2.05, 4.69) is 55.2 Å². The van der Waals surface area contributed by atoms with Crippen molar-refractivity contribution in [1.82, 2.24) is 9.88 Å². The van der Waals surface area contributed by atoms with Crippen molar-refractivity contribution in [3.05, 3.63) is 89.7 Å². The van der Waals surface area contributed by atoms with E-state index in [0.29, 0.717) is 0 Å². The van der Waals surface area contributed by atoms with Crippen LogP contribution in [-0.4, -0.2) is 28.9 Å². The van der Waals surface area contributed by atoms with E-state index in [9.17, 15) is 4.79 Å². The number of hydrogen-bond acceptors (Lipinski definition) is 2. The average molecular weight is 385 g/mol. The average Bonchev–Trinajstić information content (AvgIpc) is 2.75. The number of nitrogens with zero attached hydrogens (tertiary/aromatic N) is 2. The molecule has 0 atom stereocenters. The molecule has 1 fully saturated rings. The summed E-state index contributed by atoms with van der Waals surface area (Å²) in [5.74, 6) is 0.141. The highest BCUT2D eigenvalue weighted by Crippen LogP contribution is 2.36. The summed E-state index contributed by atoms with van der Waals surface area (Å²) in [7, 11) is 0. The molecule has 1 saturated heterocycles. The molecule has 0 saturated carbocycles. The number of piperidine rings is 1. The van der Waals surface area contributed by atoms with E-state index in [4.69, 9.17) is 0 Å². The van der Waals surface area contributed by atoms with Gasteiger partial charge in [0.15, 0.2) is 0 Å². The monoisotopic (exact) mass is 384 g/mol. The molecule has 0 radical (unpaired) electrons. The molecule has 3 heteroatoms. The van der Waals surface area contributed by atoms with Gasteiger partial charge in [0.1, 0.15) is 0 Å². The van der Waals surface area contributed by atoms with Gasteiger partial charge in [0, 0.05) is 31.0 Å². The minimum atomic E-state index is 0.141. The van der Waals surface area contributed by atoms with E-state index in [0.717, 1.165) is 54.6 Å². The maximum absolute atomic E-state index is 13.4. The SMILES string of the molecule is Cc1cccc(C(=O)N2CCC(C)(Cc3ccccc3)CC2)c1-c1ccncc1. The lowest BCUT2D eigenvalue weighted by atomic mass is 9.75. The standard InChI is InChI=1S/C26H28N2O/c1-20-7-6-10-23(24(20)22-11-15-27-16-12-22)25(29)28-17-13-26(2,14-18-28)19-21-8-4-3-5-9-21/h3-12,15-16H,13-14,17-19H2,1-2H3. The number of rotatable bonds is 4. The predicted octanol–water partition coefficient (Wildman–Crippen LogP) is 5.54. The fourth-order valence-electron chi connectivity index (χ4n) is 4.43. The van der Waals surface area contributed by atoms with E-state index < -0.39 is 0 Å². The van der Waals surface area contributed by atoms with Gasteiger partial charge in [-0.25, -0.2) is 0 Å². The molecule has 0 spiro atoms. The van der Waals surface area contributed by atoms with Gasteiger partial charge in [-0.2, -0.15) is 0 Å². The smallest absolute Gasteiger partial charge is 0.254 e. The van der Waals surface area contributed by atoms with Gasteiger partial charge < -0.3 is 4.90 Å². The van der Waals surface area contributed by atoms with Gasteiger partial charge in [-0.1, -0.05) is 49.4 Å². The van der Waals surface area contributed by atoms with Gasteiger partial charge in [-0.05, 0) is 72.1 Å². The molecule has 0 aliphatic carbocycles. The molecule has 4 rings (SSSR count). The summed E-state index contributed by atoms with van der Waals surface area (Å²) in [6.45, 7) is 6.05. The first-order valence-electron chi connectivity index (χ1n) is 10.4. The highest BCUT2D eigenvalue weighted by molar-refractivity contribution is 6.01. The molecule has 3 aromatic rings. The third kappa shape index (κ3) is 4.24. The summed E-state index contributed by atoms with van der Waals surface area (Å²) in [4.78, 5) is 19.6. The molecule has 1 aliphatic rings. The van der Waals surface area contributed by atoms with Crippen molar-refractivity contribution in [2.45, 2.75) is 33.1 Å². The molecular weight excluding hydrogens is 356 g/mol. The third-order valence-electron chi connectivity index (χ3n) is 6.20. The lowest BCUT2D eigenvalue weighted by Gasteiger charge is -2.40. The second-order valence-corrected chi connectivity index (χ2v) is 8.50. The summed E-state index contributed by atoms with van der Waals surface area (Å²) in [5.41, 5.74) is 5.62. The molecular formula is C26H28N2O. The minimum absolute atomic E-state index is 0.141. The minimum Gasteiger partial charge on any atom is -0.339 e. The van der Waals surface area contributed by atoms with Crippen LogP contribution >= 0.6 is 0 Å². The Morgan fingerprint density at radius 3 is 2.34 bits per heavy atom. The summed E-state index contributed by atoms with van der Waals surface area (Å²) >= 11 is 0. The van der Waals surface area contributed by atoms with E-state index in [1.54, 1.807) is 12.4 Å². The van der Waals surface area contributed by atoms with E-state index in [-0.39, 0.29) is 11.3 Å². The zero-order valence-corrected chi connectivity index (χ0v) is 17.3. The van der Waals surface area contributed by atoms with Crippen LogP contribution in [0.3, 0.4) is 0 Å². The Morgan fingerprint density at radius 1 is 0.966 bits per heavy atom. The number of amides is 1. The van der Waals surface area contributed by atoms with Crippen molar-refractivity contribution < 1.29 is 4.79 Å². The number of carbonyl (C=O) groups is 1. The van der Waals surface area contributed by atoms with Crippen molar-refractivity contribution in [2.24, 2.45) is 5.41 Å². The van der Waals surface area contributed by atoms with Crippen LogP contribution in [-0.2, 0) is 6.42 Å². The van der Waals surface area contributed by atoms with Crippen LogP contribution in [0.2, 0.25) is 0 Å². The Hall–Kier alpha value is -2.94. The van der Waals surface area contributed by atoms with Crippen molar-refractivity contribution >= 4 is 5.91 Å². The highest BCUT2D eigenvalue weighted by Gasteiger charge is 2.33. The molecule has 1 aliphatic heterocycles. The van der Waals surface area contributed by atoms with Gasteiger partial charge in [0.05, 0.1) is 0 Å². The Bertz CT molecular complexity index is 974. The summed E-state index contributed by atoms with van der Waals surface area (Å²) in [6, 6.07) is 20.7. The van der Waals surface area contributed by atoms with Gasteiger partial charge in [-0.15, -0.1) is 0 Å². The van der Waals surface area contributed by atoms with Crippen molar-refractivity contribution in [2.75, 3.05) is 13.1 Å². The first-order valence-corrected chi connectivity index (χ1v) is 10.4. The Balaban J connectivity index is 1.52. The fourth-order valence-corrected chi connectivity index (χ4v) is 4.43. The normalized spacial score (nSPS) is 15.9. The van der Waals surface area contributed by atoms with Gasteiger partial charge in [0.25, 0.3) is 5.91 Å². The van der Waals surface area contributed by atoms with Gasteiger partial charge in [0.2, 0.25) is 0 Å². The molecule has 1 aromatic heterocycles. The Morgan fingerprint density at radius 2 is 1.66 bits per heavy atom. The predicted molar refractivity (Wildman–Crippen MR) is 118 cm³/mol. The number of pyridine rings is 1. The Labute approximate surface area is 173 Å². The van der Waals surface area contributed by atoms with E-state index in [1.807, 2.05) is 29.2 Å². The fraction of sp³-hybridized carbons (Fsp3) is 0.308. The van der Waals surface area contributed by atoms with Crippen LogP contribution in [0.1, 0.15) is 41.3 Å². The molecule has 29 heavy (non-hydrogen) atoms. The lowest BCUT2D eigenvalue weighted by Crippen LogP contribution is -2.43. The number of aryl methyl sites for hydroxylation is 1.